The van der Waals surface area contributed by atoms with E-state index in [1.807, 2.05) is 0 Å². The van der Waals surface area contributed by atoms with Gasteiger partial charge in [0.15, 0.2) is 5.96 Å². The number of fused-ring (bicyclic) bond motifs is 1. The predicted molar refractivity (Wildman–Crippen MR) is 114 cm³/mol. The number of H-pyrrole nitrogens is 1. The minimum Gasteiger partial charge on any atom is -0.381 e. The summed E-state index contributed by atoms with van der Waals surface area (Å²) in [6.45, 7) is 8.86. The van der Waals surface area contributed by atoms with Crippen molar-refractivity contribution in [2.45, 2.75) is 39.5 Å². The molecule has 1 aliphatic heterocycles. The molecule has 27 heavy (non-hydrogen) atoms. The molecule has 2 N–H and O–H groups in total. The molecule has 0 unspecified atom stereocenters. The molecule has 2 heterocycles. The molecule has 2 aromatic rings. The van der Waals surface area contributed by atoms with Crippen LogP contribution in [0.3, 0.4) is 0 Å². The van der Waals surface area contributed by atoms with Gasteiger partial charge in [0.2, 0.25) is 0 Å². The Bertz CT molecular complexity index is 746. The smallest absolute Gasteiger partial charge is 0.193 e. The highest BCUT2D eigenvalue weighted by molar-refractivity contribution is 5.86. The van der Waals surface area contributed by atoms with Crippen molar-refractivity contribution >= 4 is 16.9 Å². The summed E-state index contributed by atoms with van der Waals surface area (Å²) in [7, 11) is 2.15. The van der Waals surface area contributed by atoms with Crippen molar-refractivity contribution in [3.63, 3.8) is 0 Å². The molecule has 5 heteroatoms. The number of hydrogen-bond donors (Lipinski definition) is 2. The second kappa shape index (κ2) is 9.79. The zero-order valence-corrected chi connectivity index (χ0v) is 17.1. The molecule has 1 aromatic heterocycles. The van der Waals surface area contributed by atoms with Crippen LogP contribution in [0.15, 0.2) is 29.4 Å². The normalized spacial score (nSPS) is 16.0. The van der Waals surface area contributed by atoms with Crippen LogP contribution < -0.4 is 5.32 Å². The fourth-order valence-electron chi connectivity index (χ4n) is 3.84. The van der Waals surface area contributed by atoms with Crippen LogP contribution in [0.2, 0.25) is 0 Å². The molecule has 3 rings (SSSR count). The molecule has 0 spiro atoms. The lowest BCUT2D eigenvalue weighted by Gasteiger charge is -2.26. The first-order valence-electron chi connectivity index (χ1n) is 10.3. The Morgan fingerprint density at radius 2 is 2.15 bits per heavy atom. The van der Waals surface area contributed by atoms with Crippen LogP contribution in [-0.2, 0) is 11.2 Å². The van der Waals surface area contributed by atoms with Gasteiger partial charge in [-0.3, -0.25) is 4.99 Å². The molecule has 0 radical (unpaired) electrons. The van der Waals surface area contributed by atoms with E-state index in [9.17, 15) is 0 Å². The van der Waals surface area contributed by atoms with E-state index >= 15 is 0 Å². The molecule has 1 fully saturated rings. The van der Waals surface area contributed by atoms with Gasteiger partial charge < -0.3 is 19.9 Å². The lowest BCUT2D eigenvalue weighted by atomic mass is 9.96. The summed E-state index contributed by atoms with van der Waals surface area (Å²) in [6, 6.07) is 6.48. The third kappa shape index (κ3) is 5.25. The summed E-state index contributed by atoms with van der Waals surface area (Å²) in [5, 5.41) is 4.76. The lowest BCUT2D eigenvalue weighted by Crippen LogP contribution is -2.40. The second-order valence-corrected chi connectivity index (χ2v) is 7.56. The van der Waals surface area contributed by atoms with Crippen molar-refractivity contribution in [1.29, 1.82) is 0 Å². The Balaban J connectivity index is 1.56. The van der Waals surface area contributed by atoms with Crippen molar-refractivity contribution in [3.05, 3.63) is 35.5 Å². The van der Waals surface area contributed by atoms with E-state index in [0.717, 1.165) is 51.1 Å². The van der Waals surface area contributed by atoms with Gasteiger partial charge in [0.05, 0.1) is 0 Å². The molecule has 0 aliphatic carbocycles. The second-order valence-electron chi connectivity index (χ2n) is 7.56. The summed E-state index contributed by atoms with van der Waals surface area (Å²) in [5.74, 6) is 1.80. The number of aliphatic imine (C=N–C) groups is 1. The van der Waals surface area contributed by atoms with E-state index in [1.165, 1.54) is 41.3 Å². The molecule has 148 valence electrons. The Kier molecular flexibility index (Phi) is 7.16. The van der Waals surface area contributed by atoms with E-state index in [2.05, 4.69) is 60.5 Å². The summed E-state index contributed by atoms with van der Waals surface area (Å²) < 4.78 is 5.47. The first kappa shape index (κ1) is 19.7. The molecule has 0 bridgehead atoms. The average molecular weight is 371 g/mol. The van der Waals surface area contributed by atoms with Crippen molar-refractivity contribution in [2.24, 2.45) is 10.9 Å². The first-order chi connectivity index (χ1) is 13.2. The van der Waals surface area contributed by atoms with Gasteiger partial charge in [-0.15, -0.1) is 0 Å². The quantitative estimate of drug-likeness (QED) is 0.577. The Morgan fingerprint density at radius 1 is 1.33 bits per heavy atom. The van der Waals surface area contributed by atoms with Gasteiger partial charge in [-0.05, 0) is 56.6 Å². The van der Waals surface area contributed by atoms with Crippen LogP contribution in [-0.4, -0.2) is 55.7 Å². The van der Waals surface area contributed by atoms with Gasteiger partial charge in [-0.25, -0.2) is 0 Å². The third-order valence-electron chi connectivity index (χ3n) is 5.56. The Labute approximate surface area is 163 Å². The number of nitrogens with zero attached hydrogens (tertiary/aromatic N) is 2. The number of guanidine groups is 1. The van der Waals surface area contributed by atoms with E-state index in [4.69, 9.17) is 9.73 Å². The standard InChI is InChI=1S/C22H34N4O/c1-4-23-22(26(3)13-9-18-10-14-27-15-11-18)24-12-8-19-16-25-21-17(2)6-5-7-20(19)21/h5-7,16,18,25H,4,8-15H2,1-3H3,(H,23,24). The van der Waals surface area contributed by atoms with Crippen LogP contribution in [0, 0.1) is 12.8 Å². The largest absolute Gasteiger partial charge is 0.381 e. The predicted octanol–water partition coefficient (Wildman–Crippen LogP) is 3.73. The summed E-state index contributed by atoms with van der Waals surface area (Å²) >= 11 is 0. The van der Waals surface area contributed by atoms with Gasteiger partial charge in [-0.2, -0.15) is 0 Å². The lowest BCUT2D eigenvalue weighted by molar-refractivity contribution is 0.0625. The van der Waals surface area contributed by atoms with Crippen molar-refractivity contribution in [3.8, 4) is 0 Å². The number of nitrogens with one attached hydrogen (secondary N) is 2. The highest BCUT2D eigenvalue weighted by Gasteiger charge is 2.15. The minimum absolute atomic E-state index is 0.790. The topological polar surface area (TPSA) is 52.7 Å². The van der Waals surface area contributed by atoms with Crippen LogP contribution in [0.5, 0.6) is 0 Å². The zero-order chi connectivity index (χ0) is 19.1. The van der Waals surface area contributed by atoms with Gasteiger partial charge in [0.25, 0.3) is 0 Å². The first-order valence-corrected chi connectivity index (χ1v) is 10.3. The van der Waals surface area contributed by atoms with E-state index in [-0.39, 0.29) is 0 Å². The summed E-state index contributed by atoms with van der Waals surface area (Å²) in [6.07, 6.45) is 6.69. The molecule has 0 atom stereocenters. The molecule has 5 nitrogen and oxygen atoms in total. The SMILES string of the molecule is CCNC(=NCCc1c[nH]c2c(C)cccc12)N(C)CCC1CCOCC1. The molecule has 1 aliphatic rings. The number of ether oxygens (including phenoxy) is 1. The van der Waals surface area contributed by atoms with Crippen LogP contribution in [0.25, 0.3) is 10.9 Å². The van der Waals surface area contributed by atoms with E-state index in [1.54, 1.807) is 0 Å². The van der Waals surface area contributed by atoms with Crippen LogP contribution in [0.1, 0.15) is 37.3 Å². The van der Waals surface area contributed by atoms with E-state index < -0.39 is 0 Å². The van der Waals surface area contributed by atoms with Crippen molar-refractivity contribution in [1.82, 2.24) is 15.2 Å². The molecular formula is C22H34N4O. The van der Waals surface area contributed by atoms with Gasteiger partial charge in [0.1, 0.15) is 0 Å². The van der Waals surface area contributed by atoms with Gasteiger partial charge in [0, 0.05) is 57.0 Å². The summed E-state index contributed by atoms with van der Waals surface area (Å²) in [5.41, 5.74) is 3.89. The third-order valence-corrected chi connectivity index (χ3v) is 5.56. The average Bonchev–Trinajstić information content (AvgIpc) is 3.11. The molecule has 0 amide bonds. The van der Waals surface area contributed by atoms with Crippen LogP contribution in [0.4, 0.5) is 0 Å². The van der Waals surface area contributed by atoms with Crippen molar-refractivity contribution < 1.29 is 4.74 Å². The number of rotatable bonds is 7. The molecular weight excluding hydrogens is 336 g/mol. The number of aromatic nitrogens is 1. The number of aryl methyl sites for hydroxylation is 1. The number of para-hydroxylation sites is 1. The fraction of sp³-hybridized carbons (Fsp3) is 0.591. The molecule has 1 aromatic carbocycles. The number of benzene rings is 1. The van der Waals surface area contributed by atoms with Gasteiger partial charge >= 0.3 is 0 Å². The Morgan fingerprint density at radius 3 is 2.93 bits per heavy atom. The maximum atomic E-state index is 5.47. The molecule has 0 saturated carbocycles. The van der Waals surface area contributed by atoms with Gasteiger partial charge in [-0.1, -0.05) is 18.2 Å². The zero-order valence-electron chi connectivity index (χ0n) is 17.1. The maximum absolute atomic E-state index is 5.47. The van der Waals surface area contributed by atoms with Crippen LogP contribution >= 0.6 is 0 Å². The maximum Gasteiger partial charge on any atom is 0.193 e. The highest BCUT2D eigenvalue weighted by atomic mass is 16.5. The highest BCUT2D eigenvalue weighted by Crippen LogP contribution is 2.21. The van der Waals surface area contributed by atoms with E-state index in [0.29, 0.717) is 0 Å². The minimum atomic E-state index is 0.790. The fourth-order valence-corrected chi connectivity index (χ4v) is 3.84. The Hall–Kier alpha value is -2.01. The van der Waals surface area contributed by atoms with Crippen molar-refractivity contribution in [2.75, 3.05) is 39.9 Å². The monoisotopic (exact) mass is 370 g/mol. The molecule has 1 saturated heterocycles. The number of aromatic amines is 1. The number of hydrogen-bond acceptors (Lipinski definition) is 2. The summed E-state index contributed by atoms with van der Waals surface area (Å²) in [4.78, 5) is 10.6.